The third-order valence-electron chi connectivity index (χ3n) is 2.74. The number of aliphatic carboxylic acids is 1. The summed E-state index contributed by atoms with van der Waals surface area (Å²) in [5, 5.41) is 7.97. The first-order chi connectivity index (χ1) is 11.6. The van der Waals surface area contributed by atoms with E-state index in [1.165, 1.54) is 11.8 Å². The molecule has 7 nitrogen and oxygen atoms in total. The smallest absolute Gasteiger partial charge is 0.475 e. The molecule has 0 spiro atoms. The lowest BCUT2D eigenvalue weighted by molar-refractivity contribution is -0.192. The standard InChI is InChI=1S/C12H15N3O2S.C2HF3O2/c1-14-6-5-13-12(14)18-9-11(16)15(2)8-10-4-3-7-17-10;3-2(4,5)1(6)7/h3-7H,8-9H2,1-2H3;(H,6,7). The minimum absolute atomic E-state index is 0.0550. The lowest BCUT2D eigenvalue weighted by Crippen LogP contribution is -2.27. The number of carbonyl (C=O) groups excluding carboxylic acids is 1. The predicted octanol–water partition coefficient (Wildman–Crippen LogP) is 2.40. The molecule has 11 heteroatoms. The van der Waals surface area contributed by atoms with Gasteiger partial charge in [-0.1, -0.05) is 11.8 Å². The summed E-state index contributed by atoms with van der Waals surface area (Å²) in [5.74, 6) is -1.54. The van der Waals surface area contributed by atoms with E-state index in [9.17, 15) is 18.0 Å². The number of hydrogen-bond acceptors (Lipinski definition) is 5. The number of carbonyl (C=O) groups is 2. The van der Waals surface area contributed by atoms with Gasteiger partial charge in [-0.25, -0.2) is 9.78 Å². The van der Waals surface area contributed by atoms with Gasteiger partial charge in [-0.05, 0) is 12.1 Å². The number of carboxylic acids is 1. The Bertz CT molecular complexity index is 686. The van der Waals surface area contributed by atoms with Gasteiger partial charge in [0.1, 0.15) is 5.76 Å². The van der Waals surface area contributed by atoms with Crippen LogP contribution in [0.5, 0.6) is 0 Å². The average Bonchev–Trinajstić information content (AvgIpc) is 3.16. The van der Waals surface area contributed by atoms with Crippen LogP contribution < -0.4 is 0 Å². The van der Waals surface area contributed by atoms with Crippen LogP contribution in [0.1, 0.15) is 5.76 Å². The van der Waals surface area contributed by atoms with Gasteiger partial charge in [0.25, 0.3) is 0 Å². The van der Waals surface area contributed by atoms with Crippen LogP contribution in [-0.2, 0) is 23.2 Å². The molecular formula is C14H16F3N3O4S. The Labute approximate surface area is 145 Å². The van der Waals surface area contributed by atoms with Crippen LogP contribution in [-0.4, -0.2) is 50.4 Å². The van der Waals surface area contributed by atoms with Crippen molar-refractivity contribution in [2.75, 3.05) is 12.8 Å². The molecule has 2 aromatic heterocycles. The second-order valence-electron chi connectivity index (χ2n) is 4.74. The molecule has 2 rings (SSSR count). The molecule has 0 unspecified atom stereocenters. The quantitative estimate of drug-likeness (QED) is 0.803. The predicted molar refractivity (Wildman–Crippen MR) is 82.8 cm³/mol. The summed E-state index contributed by atoms with van der Waals surface area (Å²) < 4.78 is 38.8. The number of halogens is 3. The van der Waals surface area contributed by atoms with Gasteiger partial charge >= 0.3 is 12.1 Å². The number of furan rings is 1. The number of alkyl halides is 3. The van der Waals surface area contributed by atoms with Crippen molar-refractivity contribution in [3.8, 4) is 0 Å². The van der Waals surface area contributed by atoms with Gasteiger partial charge < -0.3 is 19.0 Å². The van der Waals surface area contributed by atoms with Crippen molar-refractivity contribution >= 4 is 23.6 Å². The highest BCUT2D eigenvalue weighted by molar-refractivity contribution is 7.99. The number of aromatic nitrogens is 2. The van der Waals surface area contributed by atoms with Crippen molar-refractivity contribution in [2.24, 2.45) is 7.05 Å². The Morgan fingerprint density at radius 1 is 1.44 bits per heavy atom. The van der Waals surface area contributed by atoms with Crippen LogP contribution >= 0.6 is 11.8 Å². The number of imidazole rings is 1. The number of aryl methyl sites for hydroxylation is 1. The Hall–Kier alpha value is -2.43. The normalized spacial score (nSPS) is 10.8. The van der Waals surface area contributed by atoms with E-state index in [0.717, 1.165) is 10.9 Å². The maximum absolute atomic E-state index is 11.9. The van der Waals surface area contributed by atoms with Crippen LogP contribution in [0.15, 0.2) is 40.4 Å². The molecule has 0 aliphatic heterocycles. The van der Waals surface area contributed by atoms with Gasteiger partial charge in [-0.3, -0.25) is 4.79 Å². The zero-order valence-corrected chi connectivity index (χ0v) is 14.2. The number of rotatable bonds is 5. The molecule has 25 heavy (non-hydrogen) atoms. The number of hydrogen-bond donors (Lipinski definition) is 1. The van der Waals surface area contributed by atoms with Crippen molar-refractivity contribution in [3.63, 3.8) is 0 Å². The molecule has 2 heterocycles. The topological polar surface area (TPSA) is 88.6 Å². The van der Waals surface area contributed by atoms with Crippen LogP contribution in [0.2, 0.25) is 0 Å². The molecule has 0 saturated carbocycles. The first kappa shape index (κ1) is 20.6. The largest absolute Gasteiger partial charge is 0.490 e. The van der Waals surface area contributed by atoms with Crippen LogP contribution in [0.3, 0.4) is 0 Å². The van der Waals surface area contributed by atoms with Crippen molar-refractivity contribution in [1.82, 2.24) is 14.5 Å². The molecule has 0 atom stereocenters. The molecule has 0 fully saturated rings. The highest BCUT2D eigenvalue weighted by Gasteiger charge is 2.38. The van der Waals surface area contributed by atoms with E-state index < -0.39 is 12.1 Å². The van der Waals surface area contributed by atoms with Gasteiger partial charge in [0.15, 0.2) is 5.16 Å². The fourth-order valence-electron chi connectivity index (χ4n) is 1.45. The Morgan fingerprint density at radius 3 is 2.52 bits per heavy atom. The molecule has 0 radical (unpaired) electrons. The zero-order chi connectivity index (χ0) is 19.0. The molecule has 138 valence electrons. The van der Waals surface area contributed by atoms with E-state index in [1.807, 2.05) is 29.9 Å². The summed E-state index contributed by atoms with van der Waals surface area (Å²) in [4.78, 5) is 26.6. The summed E-state index contributed by atoms with van der Waals surface area (Å²) in [5.41, 5.74) is 0. The van der Waals surface area contributed by atoms with E-state index >= 15 is 0 Å². The van der Waals surface area contributed by atoms with E-state index in [0.29, 0.717) is 12.3 Å². The zero-order valence-electron chi connectivity index (χ0n) is 13.4. The minimum atomic E-state index is -5.08. The van der Waals surface area contributed by atoms with Gasteiger partial charge in [-0.2, -0.15) is 13.2 Å². The summed E-state index contributed by atoms with van der Waals surface area (Å²) in [6, 6.07) is 3.67. The maximum atomic E-state index is 11.9. The maximum Gasteiger partial charge on any atom is 0.490 e. The summed E-state index contributed by atoms with van der Waals surface area (Å²) in [6.45, 7) is 0.493. The lowest BCUT2D eigenvalue weighted by atomic mass is 10.4. The van der Waals surface area contributed by atoms with Crippen molar-refractivity contribution < 1.29 is 32.3 Å². The van der Waals surface area contributed by atoms with Gasteiger partial charge in [0.05, 0.1) is 18.6 Å². The highest BCUT2D eigenvalue weighted by Crippen LogP contribution is 2.15. The van der Waals surface area contributed by atoms with Gasteiger partial charge in [0, 0.05) is 26.5 Å². The monoisotopic (exact) mass is 379 g/mol. The molecule has 0 aliphatic carbocycles. The minimum Gasteiger partial charge on any atom is -0.475 e. The van der Waals surface area contributed by atoms with E-state index in [2.05, 4.69) is 4.98 Å². The second kappa shape index (κ2) is 9.16. The molecule has 0 saturated heterocycles. The summed E-state index contributed by atoms with van der Waals surface area (Å²) in [6.07, 6.45) is 0.106. The van der Waals surface area contributed by atoms with E-state index in [4.69, 9.17) is 14.3 Å². The Morgan fingerprint density at radius 2 is 2.08 bits per heavy atom. The first-order valence-corrected chi connectivity index (χ1v) is 7.76. The molecular weight excluding hydrogens is 363 g/mol. The number of nitrogens with zero attached hydrogens (tertiary/aromatic N) is 3. The lowest BCUT2D eigenvalue weighted by Gasteiger charge is -2.15. The summed E-state index contributed by atoms with van der Waals surface area (Å²) in [7, 11) is 3.68. The van der Waals surface area contributed by atoms with Crippen LogP contribution in [0, 0.1) is 0 Å². The van der Waals surface area contributed by atoms with Crippen LogP contribution in [0.25, 0.3) is 0 Å². The van der Waals surface area contributed by atoms with Crippen molar-refractivity contribution in [3.05, 3.63) is 36.5 Å². The molecule has 0 bridgehead atoms. The third-order valence-corrected chi connectivity index (χ3v) is 3.79. The van der Waals surface area contributed by atoms with Gasteiger partial charge in [-0.15, -0.1) is 0 Å². The Kier molecular flexibility index (Phi) is 7.55. The van der Waals surface area contributed by atoms with Gasteiger partial charge in [0.2, 0.25) is 5.91 Å². The van der Waals surface area contributed by atoms with E-state index in [1.54, 1.807) is 24.4 Å². The van der Waals surface area contributed by atoms with E-state index in [-0.39, 0.29) is 5.91 Å². The average molecular weight is 379 g/mol. The van der Waals surface area contributed by atoms with Crippen LogP contribution in [0.4, 0.5) is 13.2 Å². The molecule has 0 aromatic carbocycles. The Balaban J connectivity index is 0.000000381. The third kappa shape index (κ3) is 7.33. The number of carboxylic acid groups (broad SMARTS) is 1. The van der Waals surface area contributed by atoms with Crippen molar-refractivity contribution in [2.45, 2.75) is 17.9 Å². The summed E-state index contributed by atoms with van der Waals surface area (Å²) >= 11 is 1.43. The fraction of sp³-hybridized carbons (Fsp3) is 0.357. The molecule has 0 aliphatic rings. The molecule has 1 N–H and O–H groups in total. The second-order valence-corrected chi connectivity index (χ2v) is 5.68. The van der Waals surface area contributed by atoms with Crippen molar-refractivity contribution in [1.29, 1.82) is 0 Å². The first-order valence-electron chi connectivity index (χ1n) is 6.78. The SMILES string of the molecule is CN(Cc1ccco1)C(=O)CSc1nccn1C.O=C(O)C(F)(F)F. The molecule has 1 amide bonds. The highest BCUT2D eigenvalue weighted by atomic mass is 32.2. The number of thioether (sulfide) groups is 1. The molecule has 2 aromatic rings. The fourth-order valence-corrected chi connectivity index (χ4v) is 2.32. The number of amides is 1.